The summed E-state index contributed by atoms with van der Waals surface area (Å²) in [6.45, 7) is 3.88. The molecule has 1 saturated heterocycles. The lowest BCUT2D eigenvalue weighted by molar-refractivity contribution is -0.136. The Labute approximate surface area is 182 Å². The van der Waals surface area contributed by atoms with Gasteiger partial charge in [0, 0.05) is 38.9 Å². The molecule has 1 fully saturated rings. The van der Waals surface area contributed by atoms with Gasteiger partial charge in [-0.3, -0.25) is 4.79 Å². The SMILES string of the molecule is COCCOCC(=O)N1CCCN(c2nc3ccccc3nc2-c2ccccc2)CC1. The third-order valence-corrected chi connectivity index (χ3v) is 5.40. The van der Waals surface area contributed by atoms with E-state index in [1.165, 1.54) is 0 Å². The zero-order valence-corrected chi connectivity index (χ0v) is 17.9. The highest BCUT2D eigenvalue weighted by atomic mass is 16.5. The summed E-state index contributed by atoms with van der Waals surface area (Å²) in [6.07, 6.45) is 0.868. The Hall–Kier alpha value is -3.03. The van der Waals surface area contributed by atoms with Gasteiger partial charge in [0.2, 0.25) is 5.91 Å². The van der Waals surface area contributed by atoms with E-state index < -0.39 is 0 Å². The molecule has 0 N–H and O–H groups in total. The third-order valence-electron chi connectivity index (χ3n) is 5.40. The fourth-order valence-electron chi connectivity index (χ4n) is 3.77. The van der Waals surface area contributed by atoms with Crippen LogP contribution in [0.5, 0.6) is 0 Å². The molecule has 0 atom stereocenters. The average Bonchev–Trinajstić information content (AvgIpc) is 3.08. The number of fused-ring (bicyclic) bond motifs is 1. The van der Waals surface area contributed by atoms with Gasteiger partial charge in [-0.05, 0) is 18.6 Å². The van der Waals surface area contributed by atoms with Crippen molar-refractivity contribution in [1.29, 1.82) is 0 Å². The molecule has 1 amide bonds. The van der Waals surface area contributed by atoms with Crippen LogP contribution in [0.15, 0.2) is 54.6 Å². The lowest BCUT2D eigenvalue weighted by Crippen LogP contribution is -2.37. The van der Waals surface area contributed by atoms with Crippen LogP contribution in [0.1, 0.15) is 6.42 Å². The van der Waals surface area contributed by atoms with Crippen molar-refractivity contribution in [2.24, 2.45) is 0 Å². The second kappa shape index (κ2) is 10.3. The van der Waals surface area contributed by atoms with Crippen LogP contribution >= 0.6 is 0 Å². The molecule has 4 rings (SSSR count). The quantitative estimate of drug-likeness (QED) is 0.548. The van der Waals surface area contributed by atoms with Gasteiger partial charge in [0.1, 0.15) is 12.3 Å². The van der Waals surface area contributed by atoms with Gasteiger partial charge >= 0.3 is 0 Å². The zero-order valence-electron chi connectivity index (χ0n) is 17.9. The monoisotopic (exact) mass is 420 g/mol. The molecular formula is C24H28N4O3. The highest BCUT2D eigenvalue weighted by molar-refractivity contribution is 5.83. The predicted molar refractivity (Wildman–Crippen MR) is 121 cm³/mol. The molecule has 1 aliphatic rings. The van der Waals surface area contributed by atoms with E-state index in [9.17, 15) is 4.79 Å². The Bertz CT molecular complexity index is 1010. The highest BCUT2D eigenvalue weighted by Crippen LogP contribution is 2.30. The van der Waals surface area contributed by atoms with Crippen LogP contribution in [-0.4, -0.2) is 73.9 Å². The second-order valence-electron chi connectivity index (χ2n) is 7.52. The van der Waals surface area contributed by atoms with Crippen molar-refractivity contribution in [2.45, 2.75) is 6.42 Å². The van der Waals surface area contributed by atoms with Crippen LogP contribution in [0.3, 0.4) is 0 Å². The van der Waals surface area contributed by atoms with E-state index in [0.717, 1.165) is 41.1 Å². The second-order valence-corrected chi connectivity index (χ2v) is 7.52. The summed E-state index contributed by atoms with van der Waals surface area (Å²) in [5.41, 5.74) is 3.67. The Morgan fingerprint density at radius 2 is 1.65 bits per heavy atom. The number of amides is 1. The van der Waals surface area contributed by atoms with Crippen LogP contribution in [0.2, 0.25) is 0 Å². The number of hydrogen-bond acceptors (Lipinski definition) is 6. The molecule has 1 aromatic heterocycles. The molecule has 1 aliphatic heterocycles. The van der Waals surface area contributed by atoms with E-state index >= 15 is 0 Å². The van der Waals surface area contributed by atoms with Crippen LogP contribution in [-0.2, 0) is 14.3 Å². The average molecular weight is 421 g/mol. The third kappa shape index (κ3) is 5.18. The number of para-hydroxylation sites is 2. The first-order valence-electron chi connectivity index (χ1n) is 10.7. The Morgan fingerprint density at radius 1 is 0.903 bits per heavy atom. The van der Waals surface area contributed by atoms with Crippen molar-refractivity contribution in [3.63, 3.8) is 0 Å². The molecule has 31 heavy (non-hydrogen) atoms. The van der Waals surface area contributed by atoms with Crippen molar-refractivity contribution in [1.82, 2.24) is 14.9 Å². The fourth-order valence-corrected chi connectivity index (χ4v) is 3.77. The molecule has 0 spiro atoms. The summed E-state index contributed by atoms with van der Waals surface area (Å²) in [7, 11) is 1.62. The molecule has 162 valence electrons. The summed E-state index contributed by atoms with van der Waals surface area (Å²) in [5.74, 6) is 0.890. The number of carbonyl (C=O) groups excluding carboxylic acids is 1. The van der Waals surface area contributed by atoms with Gasteiger partial charge in [-0.2, -0.15) is 0 Å². The van der Waals surface area contributed by atoms with Gasteiger partial charge in [-0.1, -0.05) is 42.5 Å². The highest BCUT2D eigenvalue weighted by Gasteiger charge is 2.23. The first-order chi connectivity index (χ1) is 15.3. The molecule has 0 aliphatic carbocycles. The molecule has 3 aromatic rings. The van der Waals surface area contributed by atoms with E-state index in [4.69, 9.17) is 19.4 Å². The molecule has 0 bridgehead atoms. The number of carbonyl (C=O) groups is 1. The van der Waals surface area contributed by atoms with Gasteiger partial charge in [-0.15, -0.1) is 0 Å². The summed E-state index contributed by atoms with van der Waals surface area (Å²) in [4.78, 5) is 26.6. The van der Waals surface area contributed by atoms with Gasteiger partial charge in [0.15, 0.2) is 5.82 Å². The van der Waals surface area contributed by atoms with Crippen molar-refractivity contribution < 1.29 is 14.3 Å². The Morgan fingerprint density at radius 3 is 2.42 bits per heavy atom. The summed E-state index contributed by atoms with van der Waals surface area (Å²) in [5, 5.41) is 0. The maximum atomic E-state index is 12.5. The largest absolute Gasteiger partial charge is 0.382 e. The van der Waals surface area contributed by atoms with Crippen LogP contribution in [0.25, 0.3) is 22.3 Å². The Balaban J connectivity index is 1.55. The molecular weight excluding hydrogens is 392 g/mol. The minimum atomic E-state index is 0.0193. The van der Waals surface area contributed by atoms with Crippen LogP contribution in [0, 0.1) is 0 Å². The first-order valence-corrected chi connectivity index (χ1v) is 10.7. The molecule has 7 heteroatoms. The van der Waals surface area contributed by atoms with E-state index in [-0.39, 0.29) is 12.5 Å². The normalized spacial score (nSPS) is 14.6. The molecule has 7 nitrogen and oxygen atoms in total. The summed E-state index contributed by atoms with van der Waals surface area (Å²) >= 11 is 0. The molecule has 0 saturated carbocycles. The molecule has 0 unspecified atom stereocenters. The first kappa shape index (κ1) is 21.2. The fraction of sp³-hybridized carbons (Fsp3) is 0.375. The van der Waals surface area contributed by atoms with Crippen LogP contribution in [0.4, 0.5) is 5.82 Å². The van der Waals surface area contributed by atoms with E-state index in [2.05, 4.69) is 17.0 Å². The van der Waals surface area contributed by atoms with Gasteiger partial charge in [0.05, 0.1) is 24.2 Å². The smallest absolute Gasteiger partial charge is 0.248 e. The van der Waals surface area contributed by atoms with Gasteiger partial charge in [0.25, 0.3) is 0 Å². The predicted octanol–water partition coefficient (Wildman–Crippen LogP) is 3.00. The number of aromatic nitrogens is 2. The number of nitrogens with zero attached hydrogens (tertiary/aromatic N) is 4. The lowest BCUT2D eigenvalue weighted by Gasteiger charge is -2.25. The van der Waals surface area contributed by atoms with E-state index in [1.807, 2.05) is 47.4 Å². The number of rotatable bonds is 7. The number of hydrogen-bond donors (Lipinski definition) is 0. The molecule has 2 aromatic carbocycles. The van der Waals surface area contributed by atoms with E-state index in [0.29, 0.717) is 32.8 Å². The van der Waals surface area contributed by atoms with Crippen LogP contribution < -0.4 is 4.90 Å². The van der Waals surface area contributed by atoms with Crippen molar-refractivity contribution in [3.05, 3.63) is 54.6 Å². The minimum Gasteiger partial charge on any atom is -0.382 e. The van der Waals surface area contributed by atoms with Crippen molar-refractivity contribution >= 4 is 22.8 Å². The summed E-state index contributed by atoms with van der Waals surface area (Å²) < 4.78 is 10.4. The standard InChI is InChI=1S/C24H28N4O3/c1-30-16-17-31-18-22(29)27-12-7-13-28(15-14-27)24-23(19-8-3-2-4-9-19)25-20-10-5-6-11-21(20)26-24/h2-6,8-11H,7,12-18H2,1H3. The minimum absolute atomic E-state index is 0.0193. The number of anilines is 1. The zero-order chi connectivity index (χ0) is 21.5. The van der Waals surface area contributed by atoms with Gasteiger partial charge in [-0.25, -0.2) is 9.97 Å². The molecule has 0 radical (unpaired) electrons. The lowest BCUT2D eigenvalue weighted by atomic mass is 10.1. The topological polar surface area (TPSA) is 67.8 Å². The van der Waals surface area contributed by atoms with Crippen molar-refractivity contribution in [3.8, 4) is 11.3 Å². The van der Waals surface area contributed by atoms with Gasteiger partial charge < -0.3 is 19.3 Å². The molecule has 2 heterocycles. The summed E-state index contributed by atoms with van der Waals surface area (Å²) in [6, 6.07) is 18.1. The maximum absolute atomic E-state index is 12.5. The number of benzene rings is 2. The van der Waals surface area contributed by atoms with Crippen molar-refractivity contribution in [2.75, 3.05) is 58.0 Å². The Kier molecular flexibility index (Phi) is 7.07. The number of methoxy groups -OCH3 is 1. The number of ether oxygens (including phenoxy) is 2. The maximum Gasteiger partial charge on any atom is 0.248 e. The van der Waals surface area contributed by atoms with E-state index in [1.54, 1.807) is 7.11 Å².